The Bertz CT molecular complexity index is 277. The van der Waals surface area contributed by atoms with E-state index in [2.05, 4.69) is 20.8 Å². The van der Waals surface area contributed by atoms with Gasteiger partial charge in [-0.05, 0) is 12.8 Å². The van der Waals surface area contributed by atoms with Crippen LogP contribution in [0.5, 0.6) is 0 Å². The van der Waals surface area contributed by atoms with E-state index in [1.54, 1.807) is 0 Å². The molecule has 0 N–H and O–H groups in total. The van der Waals surface area contributed by atoms with E-state index in [0.29, 0.717) is 13.2 Å². The normalized spacial score (nSPS) is 21.4. The highest BCUT2D eigenvalue weighted by atomic mass is 16.6. The molecule has 1 atom stereocenters. The van der Waals surface area contributed by atoms with E-state index in [1.807, 2.05) is 13.8 Å². The molecule has 1 heterocycles. The van der Waals surface area contributed by atoms with Gasteiger partial charge in [-0.2, -0.15) is 0 Å². The maximum Gasteiger partial charge on any atom is 0.309 e. The van der Waals surface area contributed by atoms with Crippen LogP contribution in [0.3, 0.4) is 0 Å². The molecule has 0 saturated carbocycles. The molecule has 1 fully saturated rings. The minimum Gasteiger partial charge on any atom is -0.458 e. The van der Waals surface area contributed by atoms with E-state index < -0.39 is 0 Å². The third kappa shape index (κ3) is 3.05. The Balaban J connectivity index is 2.88. The van der Waals surface area contributed by atoms with E-state index >= 15 is 0 Å². The summed E-state index contributed by atoms with van der Waals surface area (Å²) < 4.78 is 11.4. The van der Waals surface area contributed by atoms with Crippen molar-refractivity contribution in [3.05, 3.63) is 0 Å². The molecule has 0 aliphatic carbocycles. The van der Waals surface area contributed by atoms with Gasteiger partial charge in [-0.25, -0.2) is 0 Å². The number of hydrogen-bond acceptors (Lipinski definition) is 3. The SMILES string of the molecule is CCC(C)C(=O)OC1(C(C)(C)CC)CCOCC1. The Kier molecular flexibility index (Phi) is 5.20. The second-order valence-corrected chi connectivity index (χ2v) is 6.07. The molecular formula is C15H28O3. The zero-order valence-electron chi connectivity index (χ0n) is 12.5. The highest BCUT2D eigenvalue weighted by molar-refractivity contribution is 5.72. The van der Waals surface area contributed by atoms with Gasteiger partial charge in [0.2, 0.25) is 0 Å². The molecule has 3 heteroatoms. The van der Waals surface area contributed by atoms with Crippen LogP contribution in [-0.4, -0.2) is 24.8 Å². The fourth-order valence-electron chi connectivity index (χ4n) is 2.40. The van der Waals surface area contributed by atoms with Gasteiger partial charge in [-0.3, -0.25) is 4.79 Å². The van der Waals surface area contributed by atoms with Crippen LogP contribution in [-0.2, 0) is 14.3 Å². The molecule has 3 nitrogen and oxygen atoms in total. The predicted molar refractivity (Wildman–Crippen MR) is 72.4 cm³/mol. The molecule has 1 aliphatic heterocycles. The quantitative estimate of drug-likeness (QED) is 0.705. The number of rotatable bonds is 5. The van der Waals surface area contributed by atoms with Crippen LogP contribution in [0.4, 0.5) is 0 Å². The van der Waals surface area contributed by atoms with Gasteiger partial charge in [0, 0.05) is 18.3 Å². The number of carbonyl (C=O) groups is 1. The standard InChI is InChI=1S/C15H28O3/c1-6-12(3)13(16)18-15(14(4,5)7-2)8-10-17-11-9-15/h12H,6-11H2,1-5H3. The fraction of sp³-hybridized carbons (Fsp3) is 0.933. The van der Waals surface area contributed by atoms with Crippen LogP contribution in [0.25, 0.3) is 0 Å². The predicted octanol–water partition coefficient (Wildman–Crippen LogP) is 3.56. The Morgan fingerprint density at radius 2 is 1.89 bits per heavy atom. The monoisotopic (exact) mass is 256 g/mol. The Morgan fingerprint density at radius 3 is 2.33 bits per heavy atom. The number of hydrogen-bond donors (Lipinski definition) is 0. The fourth-order valence-corrected chi connectivity index (χ4v) is 2.40. The molecule has 0 amide bonds. The van der Waals surface area contributed by atoms with Crippen LogP contribution in [0.2, 0.25) is 0 Å². The molecule has 0 spiro atoms. The van der Waals surface area contributed by atoms with Gasteiger partial charge >= 0.3 is 5.97 Å². The van der Waals surface area contributed by atoms with Crippen molar-refractivity contribution in [3.8, 4) is 0 Å². The zero-order chi connectivity index (χ0) is 13.8. The molecule has 1 unspecified atom stereocenters. The number of carbonyl (C=O) groups excluding carboxylic acids is 1. The van der Waals surface area contributed by atoms with Gasteiger partial charge < -0.3 is 9.47 Å². The minimum atomic E-state index is -0.347. The largest absolute Gasteiger partial charge is 0.458 e. The maximum atomic E-state index is 12.1. The van der Waals surface area contributed by atoms with Gasteiger partial charge in [0.25, 0.3) is 0 Å². The van der Waals surface area contributed by atoms with Crippen LogP contribution in [0.15, 0.2) is 0 Å². The molecule has 1 saturated heterocycles. The van der Waals surface area contributed by atoms with E-state index in [9.17, 15) is 4.79 Å². The van der Waals surface area contributed by atoms with E-state index in [0.717, 1.165) is 25.7 Å². The van der Waals surface area contributed by atoms with Gasteiger partial charge in [-0.1, -0.05) is 34.6 Å². The first-order chi connectivity index (χ1) is 8.38. The molecule has 1 rings (SSSR count). The lowest BCUT2D eigenvalue weighted by atomic mass is 9.68. The van der Waals surface area contributed by atoms with Crippen molar-refractivity contribution in [1.29, 1.82) is 0 Å². The topological polar surface area (TPSA) is 35.5 Å². The van der Waals surface area contributed by atoms with E-state index in [4.69, 9.17) is 9.47 Å². The molecule has 0 bridgehead atoms. The van der Waals surface area contributed by atoms with Crippen molar-refractivity contribution in [2.45, 2.75) is 65.9 Å². The first-order valence-electron chi connectivity index (χ1n) is 7.19. The third-order valence-corrected chi connectivity index (χ3v) is 4.73. The lowest BCUT2D eigenvalue weighted by molar-refractivity contribution is -0.196. The first kappa shape index (κ1) is 15.5. The lowest BCUT2D eigenvalue weighted by Gasteiger charge is -2.48. The lowest BCUT2D eigenvalue weighted by Crippen LogP contribution is -2.52. The van der Waals surface area contributed by atoms with Crippen LogP contribution >= 0.6 is 0 Å². The van der Waals surface area contributed by atoms with Crippen molar-refractivity contribution in [2.24, 2.45) is 11.3 Å². The molecule has 18 heavy (non-hydrogen) atoms. The van der Waals surface area contributed by atoms with E-state index in [1.165, 1.54) is 0 Å². The summed E-state index contributed by atoms with van der Waals surface area (Å²) >= 11 is 0. The molecule has 0 aromatic rings. The van der Waals surface area contributed by atoms with Crippen LogP contribution in [0.1, 0.15) is 60.3 Å². The maximum absolute atomic E-state index is 12.1. The van der Waals surface area contributed by atoms with E-state index in [-0.39, 0.29) is 22.9 Å². The van der Waals surface area contributed by atoms with Crippen LogP contribution < -0.4 is 0 Å². The van der Waals surface area contributed by atoms with Gasteiger partial charge in [0.05, 0.1) is 19.1 Å². The van der Waals surface area contributed by atoms with Crippen molar-refractivity contribution in [1.82, 2.24) is 0 Å². The van der Waals surface area contributed by atoms with Gasteiger partial charge in [0.1, 0.15) is 5.60 Å². The zero-order valence-corrected chi connectivity index (χ0v) is 12.5. The Labute approximate surface area is 111 Å². The molecule has 1 aliphatic rings. The summed E-state index contributed by atoms with van der Waals surface area (Å²) in [6.07, 6.45) is 3.46. The van der Waals surface area contributed by atoms with Crippen molar-refractivity contribution in [3.63, 3.8) is 0 Å². The second-order valence-electron chi connectivity index (χ2n) is 6.07. The summed E-state index contributed by atoms with van der Waals surface area (Å²) in [6, 6.07) is 0. The Morgan fingerprint density at radius 1 is 1.33 bits per heavy atom. The van der Waals surface area contributed by atoms with Crippen LogP contribution in [0, 0.1) is 11.3 Å². The summed E-state index contributed by atoms with van der Waals surface area (Å²) in [5.41, 5.74) is -0.347. The minimum absolute atomic E-state index is 0.0000978. The molecule has 0 aromatic heterocycles. The molecule has 0 aromatic carbocycles. The van der Waals surface area contributed by atoms with Gasteiger partial charge in [-0.15, -0.1) is 0 Å². The van der Waals surface area contributed by atoms with Crippen molar-refractivity contribution < 1.29 is 14.3 Å². The number of esters is 1. The average molecular weight is 256 g/mol. The third-order valence-electron chi connectivity index (χ3n) is 4.73. The highest BCUT2D eigenvalue weighted by Crippen LogP contribution is 2.44. The van der Waals surface area contributed by atoms with Crippen molar-refractivity contribution in [2.75, 3.05) is 13.2 Å². The average Bonchev–Trinajstić information content (AvgIpc) is 2.38. The number of ether oxygens (including phenoxy) is 2. The summed E-state index contributed by atoms with van der Waals surface area (Å²) in [7, 11) is 0. The summed E-state index contributed by atoms with van der Waals surface area (Å²) in [6.45, 7) is 11.9. The molecular weight excluding hydrogens is 228 g/mol. The smallest absolute Gasteiger partial charge is 0.309 e. The second kappa shape index (κ2) is 6.05. The molecule has 106 valence electrons. The van der Waals surface area contributed by atoms with Gasteiger partial charge in [0.15, 0.2) is 0 Å². The van der Waals surface area contributed by atoms with Crippen molar-refractivity contribution >= 4 is 5.97 Å². The summed E-state index contributed by atoms with van der Waals surface area (Å²) in [5.74, 6) is -0.0710. The highest BCUT2D eigenvalue weighted by Gasteiger charge is 2.48. The summed E-state index contributed by atoms with van der Waals surface area (Å²) in [5, 5.41) is 0. The summed E-state index contributed by atoms with van der Waals surface area (Å²) in [4.78, 5) is 12.1. The first-order valence-corrected chi connectivity index (χ1v) is 7.19. The Hall–Kier alpha value is -0.570. The molecule has 0 radical (unpaired) electrons.